The summed E-state index contributed by atoms with van der Waals surface area (Å²) in [6.45, 7) is 7.15. The second-order valence-corrected chi connectivity index (χ2v) is 4.33. The van der Waals surface area contributed by atoms with E-state index in [9.17, 15) is 13.2 Å². The van der Waals surface area contributed by atoms with Gasteiger partial charge in [0.05, 0.1) is 11.3 Å². The number of ether oxygens (including phenoxy) is 1. The van der Waals surface area contributed by atoms with Gasteiger partial charge in [0.1, 0.15) is 12.4 Å². The van der Waals surface area contributed by atoms with Crippen molar-refractivity contribution in [2.24, 2.45) is 0 Å². The molecule has 0 aliphatic rings. The van der Waals surface area contributed by atoms with Gasteiger partial charge in [-0.25, -0.2) is 0 Å². The molecule has 0 heterocycles. The Hall–Kier alpha value is -1.43. The van der Waals surface area contributed by atoms with Gasteiger partial charge < -0.3 is 15.0 Å². The summed E-state index contributed by atoms with van der Waals surface area (Å²) in [5.74, 6) is 0.438. The van der Waals surface area contributed by atoms with Gasteiger partial charge in [-0.1, -0.05) is 13.8 Å². The third-order valence-corrected chi connectivity index (χ3v) is 3.14. The van der Waals surface area contributed by atoms with Crippen molar-refractivity contribution in [3.63, 3.8) is 0 Å². The molecule has 0 aromatic heterocycles. The fourth-order valence-corrected chi connectivity index (χ4v) is 1.85. The zero-order valence-electron chi connectivity index (χ0n) is 12.0. The van der Waals surface area contributed by atoms with Crippen LogP contribution in [-0.2, 0) is 6.18 Å². The van der Waals surface area contributed by atoms with Crippen LogP contribution in [-0.4, -0.2) is 38.2 Å². The lowest BCUT2D eigenvalue weighted by Crippen LogP contribution is -2.28. The second kappa shape index (κ2) is 7.38. The molecule has 114 valence electrons. The summed E-state index contributed by atoms with van der Waals surface area (Å²) in [6.07, 6.45) is -4.34. The van der Waals surface area contributed by atoms with Gasteiger partial charge >= 0.3 is 6.18 Å². The lowest BCUT2D eigenvalue weighted by Gasteiger charge is -2.19. The van der Waals surface area contributed by atoms with E-state index >= 15 is 0 Å². The van der Waals surface area contributed by atoms with E-state index in [0.717, 1.165) is 31.8 Å². The number of anilines is 1. The summed E-state index contributed by atoms with van der Waals surface area (Å²) in [4.78, 5) is 2.18. The lowest BCUT2D eigenvalue weighted by molar-refractivity contribution is -0.137. The van der Waals surface area contributed by atoms with Crippen LogP contribution in [0.15, 0.2) is 18.2 Å². The van der Waals surface area contributed by atoms with Crippen LogP contribution in [0.1, 0.15) is 19.4 Å². The number of likely N-dealkylation sites (N-methyl/N-ethyl adjacent to an activating group) is 1. The molecule has 0 atom stereocenters. The van der Waals surface area contributed by atoms with Crippen LogP contribution in [0, 0.1) is 0 Å². The fourth-order valence-electron chi connectivity index (χ4n) is 1.85. The molecule has 0 radical (unpaired) electrons. The minimum absolute atomic E-state index is 0.347. The Morgan fingerprint density at radius 3 is 2.35 bits per heavy atom. The molecule has 0 saturated carbocycles. The van der Waals surface area contributed by atoms with Crippen molar-refractivity contribution in [3.8, 4) is 5.75 Å². The maximum absolute atomic E-state index is 12.6. The van der Waals surface area contributed by atoms with Crippen LogP contribution in [0.3, 0.4) is 0 Å². The number of nitrogens with one attached hydrogen (secondary N) is 1. The lowest BCUT2D eigenvalue weighted by atomic mass is 10.2. The van der Waals surface area contributed by atoms with Crippen molar-refractivity contribution in [3.05, 3.63) is 23.8 Å². The Bertz CT molecular complexity index is 417. The monoisotopic (exact) mass is 290 g/mol. The van der Waals surface area contributed by atoms with E-state index in [-0.39, 0.29) is 0 Å². The molecule has 0 unspecified atom stereocenters. The standard InChI is InChI=1S/C14H21F3N2O/c1-4-19(5-2)8-9-20-13-7-6-11(14(15,16)17)10-12(13)18-3/h6-7,10,18H,4-5,8-9H2,1-3H3. The molecule has 1 rings (SSSR count). The maximum atomic E-state index is 12.6. The highest BCUT2D eigenvalue weighted by atomic mass is 19.4. The Kier molecular flexibility index (Phi) is 6.13. The molecule has 0 fully saturated rings. The van der Waals surface area contributed by atoms with Gasteiger partial charge in [0.2, 0.25) is 0 Å². The third-order valence-electron chi connectivity index (χ3n) is 3.14. The summed E-state index contributed by atoms with van der Waals surface area (Å²) in [5, 5.41) is 2.74. The van der Waals surface area contributed by atoms with Crippen LogP contribution < -0.4 is 10.1 Å². The van der Waals surface area contributed by atoms with Crippen molar-refractivity contribution in [1.29, 1.82) is 0 Å². The molecule has 0 aliphatic carbocycles. The molecule has 1 N–H and O–H groups in total. The predicted octanol–water partition coefficient (Wildman–Crippen LogP) is 3.47. The number of hydrogen-bond acceptors (Lipinski definition) is 3. The molecule has 1 aromatic rings. The van der Waals surface area contributed by atoms with Crippen LogP contribution >= 0.6 is 0 Å². The van der Waals surface area contributed by atoms with Crippen molar-refractivity contribution < 1.29 is 17.9 Å². The molecule has 6 heteroatoms. The Labute approximate surface area is 117 Å². The van der Waals surface area contributed by atoms with Gasteiger partial charge in [0.15, 0.2) is 0 Å². The Balaban J connectivity index is 2.71. The highest BCUT2D eigenvalue weighted by Gasteiger charge is 2.31. The quantitative estimate of drug-likeness (QED) is 0.832. The van der Waals surface area contributed by atoms with Crippen molar-refractivity contribution in [1.82, 2.24) is 4.90 Å². The van der Waals surface area contributed by atoms with E-state index in [1.807, 2.05) is 0 Å². The molecule has 0 spiro atoms. The van der Waals surface area contributed by atoms with E-state index in [0.29, 0.717) is 18.0 Å². The average molecular weight is 290 g/mol. The summed E-state index contributed by atoms with van der Waals surface area (Å²) >= 11 is 0. The average Bonchev–Trinajstić information content (AvgIpc) is 2.42. The summed E-state index contributed by atoms with van der Waals surface area (Å²) < 4.78 is 43.4. The SMILES string of the molecule is CCN(CC)CCOc1ccc(C(F)(F)F)cc1NC. The summed E-state index contributed by atoms with van der Waals surface area (Å²) in [5.41, 5.74) is -0.336. The highest BCUT2D eigenvalue weighted by Crippen LogP contribution is 2.34. The van der Waals surface area contributed by atoms with Crippen molar-refractivity contribution >= 4 is 5.69 Å². The van der Waals surface area contributed by atoms with Crippen LogP contribution in [0.25, 0.3) is 0 Å². The molecule has 0 saturated heterocycles. The summed E-state index contributed by atoms with van der Waals surface area (Å²) in [6, 6.07) is 3.46. The van der Waals surface area contributed by atoms with Gasteiger partial charge in [0.25, 0.3) is 0 Å². The normalized spacial score (nSPS) is 11.8. The number of alkyl halides is 3. The first-order valence-corrected chi connectivity index (χ1v) is 6.66. The van der Waals surface area contributed by atoms with Gasteiger partial charge in [0, 0.05) is 13.6 Å². The fraction of sp³-hybridized carbons (Fsp3) is 0.571. The number of rotatable bonds is 7. The number of benzene rings is 1. The van der Waals surface area contributed by atoms with Gasteiger partial charge in [-0.05, 0) is 31.3 Å². The predicted molar refractivity (Wildman–Crippen MR) is 74.3 cm³/mol. The highest BCUT2D eigenvalue weighted by molar-refractivity contribution is 5.58. The first-order chi connectivity index (χ1) is 9.42. The molecule has 3 nitrogen and oxygen atoms in total. The topological polar surface area (TPSA) is 24.5 Å². The Morgan fingerprint density at radius 1 is 1.20 bits per heavy atom. The van der Waals surface area contributed by atoms with E-state index in [1.54, 1.807) is 7.05 Å². The molecular formula is C14H21F3N2O. The van der Waals surface area contributed by atoms with Crippen LogP contribution in [0.4, 0.5) is 18.9 Å². The zero-order valence-corrected chi connectivity index (χ0v) is 12.0. The number of hydrogen-bond donors (Lipinski definition) is 1. The molecule has 0 bridgehead atoms. The minimum Gasteiger partial charge on any atom is -0.490 e. The number of nitrogens with zero attached hydrogens (tertiary/aromatic N) is 1. The largest absolute Gasteiger partial charge is 0.490 e. The molecular weight excluding hydrogens is 269 g/mol. The smallest absolute Gasteiger partial charge is 0.416 e. The van der Waals surface area contributed by atoms with E-state index in [4.69, 9.17) is 4.74 Å². The minimum atomic E-state index is -4.34. The van der Waals surface area contributed by atoms with E-state index in [1.165, 1.54) is 6.07 Å². The van der Waals surface area contributed by atoms with Crippen LogP contribution in [0.5, 0.6) is 5.75 Å². The number of halogens is 3. The van der Waals surface area contributed by atoms with E-state index < -0.39 is 11.7 Å². The van der Waals surface area contributed by atoms with Gasteiger partial charge in [-0.3, -0.25) is 0 Å². The molecule has 1 aromatic carbocycles. The second-order valence-electron chi connectivity index (χ2n) is 4.33. The summed E-state index contributed by atoms with van der Waals surface area (Å²) in [7, 11) is 1.58. The van der Waals surface area contributed by atoms with E-state index in [2.05, 4.69) is 24.1 Å². The Morgan fingerprint density at radius 2 is 1.85 bits per heavy atom. The van der Waals surface area contributed by atoms with Crippen molar-refractivity contribution in [2.75, 3.05) is 38.6 Å². The van der Waals surface area contributed by atoms with Crippen molar-refractivity contribution in [2.45, 2.75) is 20.0 Å². The van der Waals surface area contributed by atoms with Gasteiger partial charge in [-0.15, -0.1) is 0 Å². The zero-order chi connectivity index (χ0) is 15.2. The van der Waals surface area contributed by atoms with Gasteiger partial charge in [-0.2, -0.15) is 13.2 Å². The molecule has 0 aliphatic heterocycles. The third kappa shape index (κ3) is 4.59. The first kappa shape index (κ1) is 16.6. The van der Waals surface area contributed by atoms with Crippen LogP contribution in [0.2, 0.25) is 0 Å². The molecule has 0 amide bonds. The molecule has 20 heavy (non-hydrogen) atoms. The first-order valence-electron chi connectivity index (χ1n) is 6.66. The maximum Gasteiger partial charge on any atom is 0.416 e.